The first-order chi connectivity index (χ1) is 12.5. The summed E-state index contributed by atoms with van der Waals surface area (Å²) in [7, 11) is 0. The van der Waals surface area contributed by atoms with Crippen molar-refractivity contribution in [3.63, 3.8) is 0 Å². The first-order valence-electron chi connectivity index (χ1n) is 8.41. The van der Waals surface area contributed by atoms with Crippen LogP contribution in [0.4, 0.5) is 19.3 Å². The van der Waals surface area contributed by atoms with E-state index in [2.05, 4.69) is 10.6 Å². The summed E-state index contributed by atoms with van der Waals surface area (Å²) in [5, 5.41) is 5.27. The van der Waals surface area contributed by atoms with Gasteiger partial charge in [0, 0.05) is 11.3 Å². The van der Waals surface area contributed by atoms with E-state index in [1.165, 1.54) is 12.1 Å². The molecule has 27 heavy (non-hydrogen) atoms. The van der Waals surface area contributed by atoms with Crippen LogP contribution >= 0.6 is 0 Å². The molecule has 0 aromatic heterocycles. The average molecular weight is 376 g/mol. The van der Waals surface area contributed by atoms with Crippen molar-refractivity contribution in [3.8, 4) is 0 Å². The number of halogens is 2. The first-order valence-corrected chi connectivity index (χ1v) is 8.41. The molecule has 0 aliphatic rings. The Bertz CT molecular complexity index is 847. The van der Waals surface area contributed by atoms with E-state index < -0.39 is 35.3 Å². The number of hydrogen-bond acceptors (Lipinski definition) is 3. The van der Waals surface area contributed by atoms with Gasteiger partial charge in [-0.05, 0) is 63.6 Å². The van der Waals surface area contributed by atoms with Crippen molar-refractivity contribution >= 4 is 17.7 Å². The second-order valence-electron chi connectivity index (χ2n) is 7.08. The molecule has 144 valence electrons. The Hall–Kier alpha value is -2.96. The highest BCUT2D eigenvalue weighted by Gasteiger charge is 2.17. The van der Waals surface area contributed by atoms with Crippen LogP contribution in [0.3, 0.4) is 0 Å². The first kappa shape index (κ1) is 20.4. The van der Waals surface area contributed by atoms with Gasteiger partial charge in [-0.25, -0.2) is 13.6 Å². The summed E-state index contributed by atoms with van der Waals surface area (Å²) in [5.41, 5.74) is 0.500. The fourth-order valence-corrected chi connectivity index (χ4v) is 2.30. The molecule has 0 spiro atoms. The Morgan fingerprint density at radius 3 is 2.37 bits per heavy atom. The van der Waals surface area contributed by atoms with Gasteiger partial charge in [0.15, 0.2) is 11.6 Å². The lowest BCUT2D eigenvalue weighted by Gasteiger charge is -2.20. The van der Waals surface area contributed by atoms with E-state index in [9.17, 15) is 18.4 Å². The summed E-state index contributed by atoms with van der Waals surface area (Å²) in [5.74, 6) is -2.34. The van der Waals surface area contributed by atoms with Crippen molar-refractivity contribution in [3.05, 3.63) is 65.2 Å². The van der Waals surface area contributed by atoms with E-state index in [0.717, 1.165) is 12.1 Å². The molecule has 0 saturated carbocycles. The van der Waals surface area contributed by atoms with Gasteiger partial charge >= 0.3 is 6.09 Å². The monoisotopic (exact) mass is 376 g/mol. The third-order valence-electron chi connectivity index (χ3n) is 3.56. The molecule has 2 amide bonds. The van der Waals surface area contributed by atoms with E-state index in [4.69, 9.17) is 4.74 Å². The molecule has 0 bridgehead atoms. The van der Waals surface area contributed by atoms with Gasteiger partial charge in [0.1, 0.15) is 5.60 Å². The third kappa shape index (κ3) is 6.06. The molecular formula is C20H22F2N2O3. The molecule has 7 heteroatoms. The minimum Gasteiger partial charge on any atom is -0.444 e. The van der Waals surface area contributed by atoms with Gasteiger partial charge in [-0.2, -0.15) is 0 Å². The highest BCUT2D eigenvalue weighted by molar-refractivity contribution is 5.96. The predicted octanol–water partition coefficient (Wildman–Crippen LogP) is 4.80. The normalized spacial score (nSPS) is 12.2. The Labute approximate surface area is 156 Å². The van der Waals surface area contributed by atoms with Crippen LogP contribution in [0, 0.1) is 11.6 Å². The van der Waals surface area contributed by atoms with Crippen LogP contribution in [0.5, 0.6) is 0 Å². The maximum atomic E-state index is 13.4. The van der Waals surface area contributed by atoms with Crippen molar-refractivity contribution in [2.75, 3.05) is 5.32 Å². The smallest absolute Gasteiger partial charge is 0.412 e. The highest BCUT2D eigenvalue weighted by Crippen LogP contribution is 2.18. The summed E-state index contributed by atoms with van der Waals surface area (Å²) >= 11 is 0. The van der Waals surface area contributed by atoms with Crippen molar-refractivity contribution in [1.29, 1.82) is 0 Å². The lowest BCUT2D eigenvalue weighted by Crippen LogP contribution is -2.28. The van der Waals surface area contributed by atoms with E-state index >= 15 is 0 Å². The van der Waals surface area contributed by atoms with Gasteiger partial charge in [-0.3, -0.25) is 10.1 Å². The number of ether oxygens (including phenoxy) is 1. The number of carbonyl (C=O) groups is 2. The molecule has 2 aromatic carbocycles. The Kier molecular flexibility index (Phi) is 6.15. The molecule has 0 fully saturated rings. The van der Waals surface area contributed by atoms with Crippen molar-refractivity contribution in [1.82, 2.24) is 5.32 Å². The number of nitrogens with one attached hydrogen (secondary N) is 2. The molecule has 2 N–H and O–H groups in total. The molecule has 0 aliphatic heterocycles. The fourth-order valence-electron chi connectivity index (χ4n) is 2.30. The number of amides is 2. The SMILES string of the molecule is CC(NC(=O)c1cccc(NC(=O)OC(C)(C)C)c1)c1ccc(F)c(F)c1. The van der Waals surface area contributed by atoms with Crippen LogP contribution in [0.15, 0.2) is 42.5 Å². The Morgan fingerprint density at radius 2 is 1.74 bits per heavy atom. The van der Waals surface area contributed by atoms with Crippen LogP contribution in [-0.4, -0.2) is 17.6 Å². The Balaban J connectivity index is 2.06. The van der Waals surface area contributed by atoms with E-state index in [-0.39, 0.29) is 0 Å². The summed E-state index contributed by atoms with van der Waals surface area (Å²) in [6.07, 6.45) is -0.629. The summed E-state index contributed by atoms with van der Waals surface area (Å²) in [6, 6.07) is 9.24. The van der Waals surface area contributed by atoms with Crippen LogP contribution in [0.2, 0.25) is 0 Å². The van der Waals surface area contributed by atoms with Crippen molar-refractivity contribution in [2.24, 2.45) is 0 Å². The van der Waals surface area contributed by atoms with Gasteiger partial charge in [0.2, 0.25) is 0 Å². The van der Waals surface area contributed by atoms with Gasteiger partial charge in [-0.15, -0.1) is 0 Å². The molecule has 1 unspecified atom stereocenters. The number of anilines is 1. The zero-order chi connectivity index (χ0) is 20.2. The van der Waals surface area contributed by atoms with E-state index in [0.29, 0.717) is 16.8 Å². The Morgan fingerprint density at radius 1 is 1.04 bits per heavy atom. The zero-order valence-electron chi connectivity index (χ0n) is 15.6. The van der Waals surface area contributed by atoms with Crippen LogP contribution in [0.1, 0.15) is 49.7 Å². The summed E-state index contributed by atoms with van der Waals surface area (Å²) < 4.78 is 31.6. The third-order valence-corrected chi connectivity index (χ3v) is 3.56. The lowest BCUT2D eigenvalue weighted by molar-refractivity contribution is 0.0635. The quantitative estimate of drug-likeness (QED) is 0.805. The molecule has 2 aromatic rings. The van der Waals surface area contributed by atoms with Gasteiger partial charge in [0.05, 0.1) is 6.04 Å². The number of rotatable bonds is 4. The highest BCUT2D eigenvalue weighted by atomic mass is 19.2. The lowest BCUT2D eigenvalue weighted by atomic mass is 10.1. The predicted molar refractivity (Wildman–Crippen MR) is 98.5 cm³/mol. The minimum atomic E-state index is -0.975. The molecular weight excluding hydrogens is 354 g/mol. The van der Waals surface area contributed by atoms with Crippen LogP contribution in [0.25, 0.3) is 0 Å². The molecule has 1 atom stereocenters. The fraction of sp³-hybridized carbons (Fsp3) is 0.300. The van der Waals surface area contributed by atoms with Gasteiger partial charge in [-0.1, -0.05) is 12.1 Å². The number of carbonyl (C=O) groups excluding carboxylic acids is 2. The van der Waals surface area contributed by atoms with Crippen molar-refractivity contribution < 1.29 is 23.1 Å². The van der Waals surface area contributed by atoms with Crippen LogP contribution in [-0.2, 0) is 4.74 Å². The largest absolute Gasteiger partial charge is 0.444 e. The zero-order valence-corrected chi connectivity index (χ0v) is 15.6. The number of benzene rings is 2. The number of hydrogen-bond donors (Lipinski definition) is 2. The standard InChI is InChI=1S/C20H22F2N2O3/c1-12(13-8-9-16(21)17(22)11-13)23-18(25)14-6-5-7-15(10-14)24-19(26)27-20(2,3)4/h5-12H,1-4H3,(H,23,25)(H,24,26). The van der Waals surface area contributed by atoms with Gasteiger partial charge in [0.25, 0.3) is 5.91 Å². The maximum absolute atomic E-state index is 13.4. The van der Waals surface area contributed by atoms with Gasteiger partial charge < -0.3 is 10.1 Å². The second-order valence-corrected chi connectivity index (χ2v) is 7.08. The topological polar surface area (TPSA) is 67.4 Å². The van der Waals surface area contributed by atoms with E-state index in [1.54, 1.807) is 45.9 Å². The minimum absolute atomic E-state index is 0.304. The molecule has 0 aliphatic carbocycles. The van der Waals surface area contributed by atoms with E-state index in [1.807, 2.05) is 0 Å². The van der Waals surface area contributed by atoms with Crippen molar-refractivity contribution in [2.45, 2.75) is 39.3 Å². The molecule has 0 heterocycles. The average Bonchev–Trinajstić information content (AvgIpc) is 2.55. The summed E-state index contributed by atoms with van der Waals surface area (Å²) in [6.45, 7) is 6.90. The molecule has 0 saturated heterocycles. The second kappa shape index (κ2) is 8.16. The maximum Gasteiger partial charge on any atom is 0.412 e. The molecule has 5 nitrogen and oxygen atoms in total. The molecule has 2 rings (SSSR count). The van der Waals surface area contributed by atoms with Crippen LogP contribution < -0.4 is 10.6 Å². The molecule has 0 radical (unpaired) electrons. The summed E-state index contributed by atoms with van der Waals surface area (Å²) in [4.78, 5) is 24.3.